The number of halogens is 2. The van der Waals surface area contributed by atoms with Crippen molar-refractivity contribution in [2.75, 3.05) is 47.3 Å². The molecular formula is C21H35ClIN5O. The van der Waals surface area contributed by atoms with Gasteiger partial charge >= 0.3 is 0 Å². The number of amides is 1. The molecule has 8 heteroatoms. The molecule has 1 aromatic rings. The molecule has 1 atom stereocenters. The summed E-state index contributed by atoms with van der Waals surface area (Å²) >= 11 is 5.97. The summed E-state index contributed by atoms with van der Waals surface area (Å²) in [5.41, 5.74) is 1.19. The molecule has 1 aliphatic rings. The van der Waals surface area contributed by atoms with E-state index in [4.69, 9.17) is 16.6 Å². The Balaban J connectivity index is 0.00000420. The number of aliphatic imine (C=N–C) groups is 1. The van der Waals surface area contributed by atoms with Gasteiger partial charge in [0.2, 0.25) is 5.91 Å². The van der Waals surface area contributed by atoms with E-state index < -0.39 is 0 Å². The number of hydrogen-bond acceptors (Lipinski definition) is 3. The minimum Gasteiger partial charge on any atom is -0.357 e. The fraction of sp³-hybridized carbons (Fsp3) is 0.619. The van der Waals surface area contributed by atoms with Crippen molar-refractivity contribution in [1.29, 1.82) is 0 Å². The number of benzene rings is 1. The molecule has 0 saturated carbocycles. The highest BCUT2D eigenvalue weighted by molar-refractivity contribution is 14.0. The zero-order valence-corrected chi connectivity index (χ0v) is 21.1. The second-order valence-corrected chi connectivity index (χ2v) is 7.93. The third-order valence-corrected chi connectivity index (χ3v) is 5.24. The van der Waals surface area contributed by atoms with E-state index in [2.05, 4.69) is 22.0 Å². The highest BCUT2D eigenvalue weighted by atomic mass is 127. The van der Waals surface area contributed by atoms with Crippen LogP contribution in [-0.2, 0) is 11.3 Å². The molecule has 0 aromatic heterocycles. The van der Waals surface area contributed by atoms with Gasteiger partial charge in [0.05, 0.1) is 6.04 Å². The molecule has 1 fully saturated rings. The molecule has 1 amide bonds. The lowest BCUT2D eigenvalue weighted by Gasteiger charge is -2.26. The number of carbonyl (C=O) groups is 1. The number of guanidine groups is 1. The number of nitrogens with one attached hydrogen (secondary N) is 1. The van der Waals surface area contributed by atoms with E-state index in [1.165, 1.54) is 5.56 Å². The maximum absolute atomic E-state index is 12.3. The molecule has 0 aliphatic carbocycles. The van der Waals surface area contributed by atoms with E-state index in [1.807, 2.05) is 45.4 Å². The topological polar surface area (TPSA) is 51.2 Å². The number of rotatable bonds is 8. The lowest BCUT2D eigenvalue weighted by molar-refractivity contribution is -0.133. The summed E-state index contributed by atoms with van der Waals surface area (Å²) in [6, 6.07) is 7.95. The van der Waals surface area contributed by atoms with Crippen molar-refractivity contribution in [1.82, 2.24) is 20.0 Å². The molecular weight excluding hydrogens is 501 g/mol. The van der Waals surface area contributed by atoms with Crippen LogP contribution in [0.15, 0.2) is 29.3 Å². The number of likely N-dealkylation sites (tertiary alicyclic amines) is 1. The molecule has 1 saturated heterocycles. The number of hydrogen-bond donors (Lipinski definition) is 1. The van der Waals surface area contributed by atoms with Gasteiger partial charge in [0, 0.05) is 52.3 Å². The Kier molecular flexibility index (Phi) is 11.9. The van der Waals surface area contributed by atoms with Crippen molar-refractivity contribution in [3.05, 3.63) is 34.9 Å². The van der Waals surface area contributed by atoms with Gasteiger partial charge in [-0.15, -0.1) is 24.0 Å². The minimum absolute atomic E-state index is 0. The zero-order chi connectivity index (χ0) is 20.5. The number of carbonyl (C=O) groups excluding carboxylic acids is 1. The van der Waals surface area contributed by atoms with Gasteiger partial charge in [0.25, 0.3) is 0 Å². The van der Waals surface area contributed by atoms with Crippen molar-refractivity contribution in [3.8, 4) is 0 Å². The molecule has 0 spiro atoms. The highest BCUT2D eigenvalue weighted by Crippen LogP contribution is 2.19. The summed E-state index contributed by atoms with van der Waals surface area (Å²) in [5, 5.41) is 4.11. The Morgan fingerprint density at radius 1 is 1.28 bits per heavy atom. The normalized spacial score (nSPS) is 17.0. The summed E-state index contributed by atoms with van der Waals surface area (Å²) in [6.45, 7) is 6.34. The fourth-order valence-corrected chi connectivity index (χ4v) is 3.66. The van der Waals surface area contributed by atoms with Gasteiger partial charge < -0.3 is 15.1 Å². The fourth-order valence-electron chi connectivity index (χ4n) is 3.54. The van der Waals surface area contributed by atoms with Gasteiger partial charge in [-0.1, -0.05) is 23.7 Å². The van der Waals surface area contributed by atoms with Crippen LogP contribution < -0.4 is 5.32 Å². The van der Waals surface area contributed by atoms with E-state index in [1.54, 1.807) is 4.90 Å². The maximum Gasteiger partial charge on any atom is 0.239 e. The first kappa shape index (κ1) is 26.0. The summed E-state index contributed by atoms with van der Waals surface area (Å²) in [5.74, 6) is 1.12. The Labute approximate surface area is 197 Å². The smallest absolute Gasteiger partial charge is 0.239 e. The van der Waals surface area contributed by atoms with E-state index in [9.17, 15) is 4.79 Å². The summed E-state index contributed by atoms with van der Waals surface area (Å²) in [4.78, 5) is 23.2. The van der Waals surface area contributed by atoms with Crippen molar-refractivity contribution >= 4 is 47.4 Å². The van der Waals surface area contributed by atoms with Crippen molar-refractivity contribution in [3.63, 3.8) is 0 Å². The van der Waals surface area contributed by atoms with Gasteiger partial charge in [0.15, 0.2) is 5.96 Å². The Bertz CT molecular complexity index is 653. The van der Waals surface area contributed by atoms with E-state index in [-0.39, 0.29) is 35.9 Å². The van der Waals surface area contributed by atoms with Gasteiger partial charge in [0.1, 0.15) is 0 Å². The summed E-state index contributed by atoms with van der Waals surface area (Å²) in [6.07, 6.45) is 3.01. The molecule has 1 aromatic carbocycles. The Hall–Kier alpha value is -1.06. The van der Waals surface area contributed by atoms with E-state index >= 15 is 0 Å². The average Bonchev–Trinajstić information content (AvgIpc) is 3.13. The van der Waals surface area contributed by atoms with Gasteiger partial charge in [-0.2, -0.15) is 0 Å². The first-order valence-corrected chi connectivity index (χ1v) is 10.5. The Morgan fingerprint density at radius 3 is 2.59 bits per heavy atom. The molecule has 0 bridgehead atoms. The van der Waals surface area contributed by atoms with Crippen LogP contribution in [0.4, 0.5) is 0 Å². The second-order valence-electron chi connectivity index (χ2n) is 7.50. The van der Waals surface area contributed by atoms with Crippen LogP contribution in [0.5, 0.6) is 0 Å². The van der Waals surface area contributed by atoms with Gasteiger partial charge in [-0.05, 0) is 50.4 Å². The number of nitrogens with zero attached hydrogens (tertiary/aromatic N) is 4. The lowest BCUT2D eigenvalue weighted by Crippen LogP contribution is -2.43. The molecule has 2 rings (SSSR count). The molecule has 29 heavy (non-hydrogen) atoms. The van der Waals surface area contributed by atoms with Crippen LogP contribution in [0.2, 0.25) is 5.02 Å². The molecule has 1 heterocycles. The molecule has 164 valence electrons. The maximum atomic E-state index is 12.3. The molecule has 0 radical (unpaired) electrons. The quantitative estimate of drug-likeness (QED) is 0.240. The molecule has 6 nitrogen and oxygen atoms in total. The van der Waals surface area contributed by atoms with Crippen LogP contribution in [0.3, 0.4) is 0 Å². The second kappa shape index (κ2) is 13.3. The Morgan fingerprint density at radius 2 is 1.97 bits per heavy atom. The standard InChI is InChI=1S/C21H34ClN5O.HI/c1-5-23-21(26(4)16-17-9-11-18(22)12-10-17)24-13-7-15-27-14-6-8-19(27)20(28)25(2)3;/h9-12,19H,5-8,13-16H2,1-4H3,(H,23,24);1H. The average molecular weight is 536 g/mol. The summed E-state index contributed by atoms with van der Waals surface area (Å²) in [7, 11) is 5.72. The van der Waals surface area contributed by atoms with Gasteiger partial charge in [-0.3, -0.25) is 14.7 Å². The first-order valence-electron chi connectivity index (χ1n) is 10.1. The molecule has 1 aliphatic heterocycles. The van der Waals surface area contributed by atoms with Crippen LogP contribution in [-0.4, -0.2) is 79.9 Å². The largest absolute Gasteiger partial charge is 0.357 e. The van der Waals surface area contributed by atoms with Crippen molar-refractivity contribution in [2.24, 2.45) is 4.99 Å². The number of likely N-dealkylation sites (N-methyl/N-ethyl adjacent to an activating group) is 1. The van der Waals surface area contributed by atoms with E-state index in [0.29, 0.717) is 0 Å². The molecule has 1 N–H and O–H groups in total. The van der Waals surface area contributed by atoms with Gasteiger partial charge in [-0.25, -0.2) is 0 Å². The van der Waals surface area contributed by atoms with Crippen molar-refractivity contribution in [2.45, 2.75) is 38.8 Å². The van der Waals surface area contributed by atoms with Crippen LogP contribution in [0.1, 0.15) is 31.7 Å². The SMILES string of the molecule is CCNC(=NCCCN1CCCC1C(=O)N(C)C)N(C)Cc1ccc(Cl)cc1.I. The lowest BCUT2D eigenvalue weighted by atomic mass is 10.2. The highest BCUT2D eigenvalue weighted by Gasteiger charge is 2.30. The van der Waals surface area contributed by atoms with Crippen molar-refractivity contribution < 1.29 is 4.79 Å². The monoisotopic (exact) mass is 535 g/mol. The zero-order valence-electron chi connectivity index (χ0n) is 18.0. The van der Waals surface area contributed by atoms with Crippen LogP contribution >= 0.6 is 35.6 Å². The minimum atomic E-state index is 0. The van der Waals surface area contributed by atoms with Crippen LogP contribution in [0, 0.1) is 0 Å². The van der Waals surface area contributed by atoms with Crippen LogP contribution in [0.25, 0.3) is 0 Å². The van der Waals surface area contributed by atoms with E-state index in [0.717, 1.165) is 63.0 Å². The predicted octanol–water partition coefficient (Wildman–Crippen LogP) is 3.30. The third-order valence-electron chi connectivity index (χ3n) is 4.98. The molecule has 1 unspecified atom stereocenters. The first-order chi connectivity index (χ1) is 13.4. The predicted molar refractivity (Wildman–Crippen MR) is 132 cm³/mol. The summed E-state index contributed by atoms with van der Waals surface area (Å²) < 4.78 is 0. The third kappa shape index (κ3) is 8.30.